The van der Waals surface area contributed by atoms with Crippen molar-refractivity contribution in [3.05, 3.63) is 46.1 Å². The first-order chi connectivity index (χ1) is 11.5. The molecular weight excluding hydrogens is 308 g/mol. The Morgan fingerprint density at radius 3 is 2.50 bits per heavy atom. The Morgan fingerprint density at radius 2 is 1.96 bits per heavy atom. The zero-order chi connectivity index (χ0) is 17.2. The second kappa shape index (κ2) is 6.51. The number of rotatable bonds is 5. The molecule has 1 fully saturated rings. The third-order valence-electron chi connectivity index (χ3n) is 4.81. The van der Waals surface area contributed by atoms with E-state index in [9.17, 15) is 9.59 Å². The molecule has 1 atom stereocenters. The first-order valence-corrected chi connectivity index (χ1v) is 8.15. The Kier molecular flexibility index (Phi) is 4.42. The van der Waals surface area contributed by atoms with Gasteiger partial charge in [0, 0.05) is 0 Å². The van der Waals surface area contributed by atoms with Gasteiger partial charge in [-0.3, -0.25) is 9.78 Å². The van der Waals surface area contributed by atoms with Crippen molar-refractivity contribution in [3.8, 4) is 5.75 Å². The van der Waals surface area contributed by atoms with Crippen LogP contribution in [0.5, 0.6) is 5.75 Å². The number of amides is 1. The van der Waals surface area contributed by atoms with Gasteiger partial charge >= 0.3 is 5.69 Å². The molecule has 1 heterocycles. The summed E-state index contributed by atoms with van der Waals surface area (Å²) in [7, 11) is 1.62. The lowest BCUT2D eigenvalue weighted by molar-refractivity contribution is -0.127. The standard InChI is InChI=1S/C17H22N4O3/c1-11(14-19-16(23)21-20-14)18-15(22)17(9-3-4-10-17)12-5-7-13(24-2)8-6-12/h5-8,11H,3-4,9-10H2,1-2H3,(H,18,22)(H2,19,20,21,23)/t11-/m1/s1. The summed E-state index contributed by atoms with van der Waals surface area (Å²) in [6, 6.07) is 7.33. The molecule has 24 heavy (non-hydrogen) atoms. The SMILES string of the molecule is COc1ccc(C2(C(=O)N[C@H](C)c3n[nH]c(=O)[nH]3)CCCC2)cc1. The Morgan fingerprint density at radius 1 is 1.29 bits per heavy atom. The van der Waals surface area contributed by atoms with Crippen molar-refractivity contribution >= 4 is 5.91 Å². The molecule has 1 aliphatic carbocycles. The van der Waals surface area contributed by atoms with E-state index in [-0.39, 0.29) is 17.6 Å². The molecule has 0 bridgehead atoms. The molecule has 1 saturated carbocycles. The third-order valence-corrected chi connectivity index (χ3v) is 4.81. The minimum atomic E-state index is -0.531. The van der Waals surface area contributed by atoms with Crippen molar-refractivity contribution < 1.29 is 9.53 Å². The molecule has 0 spiro atoms. The van der Waals surface area contributed by atoms with Crippen molar-refractivity contribution in [1.29, 1.82) is 0 Å². The van der Waals surface area contributed by atoms with Gasteiger partial charge in [-0.25, -0.2) is 9.89 Å². The minimum Gasteiger partial charge on any atom is -0.497 e. The third kappa shape index (κ3) is 2.93. The first kappa shape index (κ1) is 16.3. The molecule has 0 unspecified atom stereocenters. The van der Waals surface area contributed by atoms with Crippen LogP contribution in [0.2, 0.25) is 0 Å². The van der Waals surface area contributed by atoms with E-state index in [1.807, 2.05) is 24.3 Å². The normalized spacial score (nSPS) is 17.4. The van der Waals surface area contributed by atoms with Gasteiger partial charge in [0.2, 0.25) is 5.91 Å². The maximum absolute atomic E-state index is 13.0. The predicted molar refractivity (Wildman–Crippen MR) is 88.9 cm³/mol. The number of benzene rings is 1. The molecule has 128 valence electrons. The predicted octanol–water partition coefficient (Wildman–Crippen LogP) is 1.80. The molecule has 1 aromatic carbocycles. The molecule has 3 N–H and O–H groups in total. The van der Waals surface area contributed by atoms with Gasteiger partial charge in [0.15, 0.2) is 5.82 Å². The monoisotopic (exact) mass is 330 g/mol. The van der Waals surface area contributed by atoms with E-state index in [1.165, 1.54) is 0 Å². The molecule has 7 heteroatoms. The highest BCUT2D eigenvalue weighted by molar-refractivity contribution is 5.88. The number of carbonyl (C=O) groups excluding carboxylic acids is 1. The second-order valence-corrected chi connectivity index (χ2v) is 6.28. The van der Waals surface area contributed by atoms with E-state index in [1.54, 1.807) is 14.0 Å². The van der Waals surface area contributed by atoms with E-state index in [2.05, 4.69) is 20.5 Å². The van der Waals surface area contributed by atoms with Crippen LogP contribution in [0, 0.1) is 0 Å². The van der Waals surface area contributed by atoms with Crippen molar-refractivity contribution in [3.63, 3.8) is 0 Å². The second-order valence-electron chi connectivity index (χ2n) is 6.28. The lowest BCUT2D eigenvalue weighted by atomic mass is 9.77. The van der Waals surface area contributed by atoms with Gasteiger partial charge in [0.1, 0.15) is 5.75 Å². The fourth-order valence-electron chi connectivity index (χ4n) is 3.43. The molecule has 0 aliphatic heterocycles. The van der Waals surface area contributed by atoms with Gasteiger partial charge in [-0.05, 0) is 37.5 Å². The van der Waals surface area contributed by atoms with Crippen LogP contribution in [0.3, 0.4) is 0 Å². The van der Waals surface area contributed by atoms with Gasteiger partial charge in [0.25, 0.3) is 0 Å². The summed E-state index contributed by atoms with van der Waals surface area (Å²) in [5.41, 5.74) is 0.0924. The summed E-state index contributed by atoms with van der Waals surface area (Å²) < 4.78 is 5.20. The van der Waals surface area contributed by atoms with Gasteiger partial charge < -0.3 is 10.1 Å². The first-order valence-electron chi connectivity index (χ1n) is 8.15. The zero-order valence-corrected chi connectivity index (χ0v) is 13.9. The number of hydrogen-bond acceptors (Lipinski definition) is 4. The molecule has 1 aliphatic rings. The molecule has 0 radical (unpaired) electrons. The highest BCUT2D eigenvalue weighted by atomic mass is 16.5. The summed E-state index contributed by atoms with van der Waals surface area (Å²) in [5, 5.41) is 9.21. The van der Waals surface area contributed by atoms with Crippen LogP contribution in [0.25, 0.3) is 0 Å². The van der Waals surface area contributed by atoms with E-state index in [0.717, 1.165) is 37.0 Å². The van der Waals surface area contributed by atoms with E-state index >= 15 is 0 Å². The van der Waals surface area contributed by atoms with Crippen LogP contribution in [0.1, 0.15) is 50.0 Å². The summed E-state index contributed by atoms with van der Waals surface area (Å²) in [5.74, 6) is 1.17. The summed E-state index contributed by atoms with van der Waals surface area (Å²) in [6.07, 6.45) is 3.67. The number of hydrogen-bond donors (Lipinski definition) is 3. The van der Waals surface area contributed by atoms with Crippen LogP contribution in [0.15, 0.2) is 29.1 Å². The van der Waals surface area contributed by atoms with Crippen molar-refractivity contribution in [2.45, 2.75) is 44.1 Å². The Labute approximate surface area is 139 Å². The summed E-state index contributed by atoms with van der Waals surface area (Å²) in [4.78, 5) is 26.8. The van der Waals surface area contributed by atoms with Crippen LogP contribution >= 0.6 is 0 Å². The number of aromatic amines is 2. The fraction of sp³-hybridized carbons (Fsp3) is 0.471. The number of nitrogens with zero attached hydrogens (tertiary/aromatic N) is 1. The number of carbonyl (C=O) groups is 1. The number of nitrogens with one attached hydrogen (secondary N) is 3. The highest BCUT2D eigenvalue weighted by Gasteiger charge is 2.43. The van der Waals surface area contributed by atoms with E-state index < -0.39 is 5.41 Å². The lowest BCUT2D eigenvalue weighted by Gasteiger charge is -2.29. The Hall–Kier alpha value is -2.57. The maximum Gasteiger partial charge on any atom is 0.340 e. The summed E-state index contributed by atoms with van der Waals surface area (Å²) >= 11 is 0. The van der Waals surface area contributed by atoms with Gasteiger partial charge in [0.05, 0.1) is 18.6 Å². The Bertz CT molecular complexity index is 757. The van der Waals surface area contributed by atoms with Crippen molar-refractivity contribution in [2.75, 3.05) is 7.11 Å². The minimum absolute atomic E-state index is 0.0264. The molecular formula is C17H22N4O3. The zero-order valence-electron chi connectivity index (χ0n) is 13.9. The van der Waals surface area contributed by atoms with Crippen molar-refractivity contribution in [2.24, 2.45) is 0 Å². The van der Waals surface area contributed by atoms with E-state index in [0.29, 0.717) is 5.82 Å². The van der Waals surface area contributed by atoms with Crippen LogP contribution in [-0.4, -0.2) is 28.2 Å². The highest BCUT2D eigenvalue weighted by Crippen LogP contribution is 2.42. The molecule has 3 rings (SSSR count). The number of methoxy groups -OCH3 is 1. The van der Waals surface area contributed by atoms with Gasteiger partial charge in [-0.1, -0.05) is 25.0 Å². The largest absolute Gasteiger partial charge is 0.497 e. The molecule has 7 nitrogen and oxygen atoms in total. The number of H-pyrrole nitrogens is 2. The molecule has 1 amide bonds. The summed E-state index contributed by atoms with van der Waals surface area (Å²) in [6.45, 7) is 1.81. The Balaban J connectivity index is 1.83. The van der Waals surface area contributed by atoms with Gasteiger partial charge in [-0.15, -0.1) is 0 Å². The average Bonchev–Trinajstić information content (AvgIpc) is 3.25. The molecule has 2 aromatic rings. The molecule has 1 aromatic heterocycles. The maximum atomic E-state index is 13.0. The quantitative estimate of drug-likeness (QED) is 0.778. The topological polar surface area (TPSA) is 99.9 Å². The molecule has 0 saturated heterocycles. The van der Waals surface area contributed by atoms with Crippen LogP contribution < -0.4 is 15.7 Å². The average molecular weight is 330 g/mol. The lowest BCUT2D eigenvalue weighted by Crippen LogP contribution is -2.43. The van der Waals surface area contributed by atoms with Crippen molar-refractivity contribution in [1.82, 2.24) is 20.5 Å². The smallest absolute Gasteiger partial charge is 0.340 e. The number of ether oxygens (including phenoxy) is 1. The van der Waals surface area contributed by atoms with E-state index in [4.69, 9.17) is 4.74 Å². The van der Waals surface area contributed by atoms with Crippen LogP contribution in [0.4, 0.5) is 0 Å². The van der Waals surface area contributed by atoms with Crippen LogP contribution in [-0.2, 0) is 10.2 Å². The van der Waals surface area contributed by atoms with Gasteiger partial charge in [-0.2, -0.15) is 5.10 Å². The number of aromatic nitrogens is 3. The fourth-order valence-corrected chi connectivity index (χ4v) is 3.43.